The van der Waals surface area contributed by atoms with E-state index in [1.54, 1.807) is 7.05 Å². The fourth-order valence-corrected chi connectivity index (χ4v) is 1.85. The van der Waals surface area contributed by atoms with Crippen molar-refractivity contribution >= 4 is 5.91 Å². The number of hydrogen-bond donors (Lipinski definition) is 2. The molecule has 0 fully saturated rings. The summed E-state index contributed by atoms with van der Waals surface area (Å²) in [6, 6.07) is 0. The van der Waals surface area contributed by atoms with Crippen molar-refractivity contribution in [1.82, 2.24) is 5.32 Å². The Morgan fingerprint density at radius 1 is 0.840 bits per heavy atom. The highest BCUT2D eigenvalue weighted by atomic mass is 16.6. The lowest BCUT2D eigenvalue weighted by Gasteiger charge is -2.22. The largest absolute Gasteiger partial charge is 0.379 e. The maximum atomic E-state index is 11.6. The van der Waals surface area contributed by atoms with Gasteiger partial charge in [0.25, 0.3) is 0 Å². The van der Waals surface area contributed by atoms with Gasteiger partial charge in [-0.1, -0.05) is 27.7 Å². The molecule has 1 amide bonds. The summed E-state index contributed by atoms with van der Waals surface area (Å²) in [7, 11) is 1.65. The average molecular weight is 363 g/mol. The van der Waals surface area contributed by atoms with Gasteiger partial charge in [-0.2, -0.15) is 0 Å². The molecule has 0 aromatic heterocycles. The van der Waals surface area contributed by atoms with Crippen LogP contribution in [-0.4, -0.2) is 72.4 Å². The molecule has 0 aliphatic rings. The van der Waals surface area contributed by atoms with E-state index in [1.165, 1.54) is 0 Å². The van der Waals surface area contributed by atoms with Crippen molar-refractivity contribution < 1.29 is 23.7 Å². The molecule has 0 saturated heterocycles. The molecule has 0 aliphatic carbocycles. The summed E-state index contributed by atoms with van der Waals surface area (Å²) in [5.41, 5.74) is 5.23. The summed E-state index contributed by atoms with van der Waals surface area (Å²) in [5.74, 6) is 0.0278. The molecule has 7 heteroatoms. The zero-order valence-corrected chi connectivity index (χ0v) is 16.7. The molecule has 0 aliphatic heterocycles. The van der Waals surface area contributed by atoms with Crippen LogP contribution in [-0.2, 0) is 23.7 Å². The molecule has 0 rings (SSSR count). The lowest BCUT2D eigenvalue weighted by molar-refractivity contribution is -0.129. The highest BCUT2D eigenvalue weighted by Gasteiger charge is 2.25. The molecule has 0 bridgehead atoms. The fraction of sp³-hybridized carbons (Fsp3) is 0.944. The Balaban J connectivity index is 3.33. The van der Waals surface area contributed by atoms with Gasteiger partial charge in [-0.25, -0.2) is 0 Å². The van der Waals surface area contributed by atoms with Crippen molar-refractivity contribution in [2.45, 2.75) is 34.1 Å². The molecular weight excluding hydrogens is 324 g/mol. The van der Waals surface area contributed by atoms with Gasteiger partial charge in [0.05, 0.1) is 46.2 Å². The number of amides is 1. The topological polar surface area (TPSA) is 92.0 Å². The second kappa shape index (κ2) is 13.5. The first-order chi connectivity index (χ1) is 11.7. The first kappa shape index (κ1) is 24.3. The summed E-state index contributed by atoms with van der Waals surface area (Å²) in [4.78, 5) is 11.6. The third-order valence-electron chi connectivity index (χ3n) is 3.87. The first-order valence-corrected chi connectivity index (χ1v) is 8.98. The van der Waals surface area contributed by atoms with Crippen LogP contribution in [0.1, 0.15) is 34.1 Å². The van der Waals surface area contributed by atoms with E-state index in [1.807, 2.05) is 13.8 Å². The molecule has 150 valence electrons. The second-order valence-electron chi connectivity index (χ2n) is 7.47. The zero-order valence-electron chi connectivity index (χ0n) is 16.7. The Labute approximate surface area is 152 Å². The van der Waals surface area contributed by atoms with Crippen LogP contribution in [0, 0.1) is 10.8 Å². The molecule has 0 saturated carbocycles. The Hall–Kier alpha value is -0.730. The van der Waals surface area contributed by atoms with Crippen molar-refractivity contribution in [1.29, 1.82) is 0 Å². The molecule has 0 aromatic rings. The molecule has 25 heavy (non-hydrogen) atoms. The molecule has 0 spiro atoms. The van der Waals surface area contributed by atoms with Crippen molar-refractivity contribution in [3.05, 3.63) is 0 Å². The Kier molecular flexibility index (Phi) is 13.1. The summed E-state index contributed by atoms with van der Waals surface area (Å²) in [6.07, 6.45) is 0.677. The Morgan fingerprint density at radius 2 is 1.28 bits per heavy atom. The molecule has 0 radical (unpaired) electrons. The molecule has 3 N–H and O–H groups in total. The van der Waals surface area contributed by atoms with Crippen LogP contribution in [0.25, 0.3) is 0 Å². The predicted octanol–water partition coefficient (Wildman–Crippen LogP) is 1.20. The number of rotatable bonds is 16. The van der Waals surface area contributed by atoms with Gasteiger partial charge >= 0.3 is 0 Å². The lowest BCUT2D eigenvalue weighted by atomic mass is 9.89. The van der Waals surface area contributed by atoms with Gasteiger partial charge in [0, 0.05) is 24.5 Å². The molecule has 0 heterocycles. The van der Waals surface area contributed by atoms with Crippen molar-refractivity contribution in [2.24, 2.45) is 16.6 Å². The summed E-state index contributed by atoms with van der Waals surface area (Å²) in [5, 5.41) is 2.66. The highest BCUT2D eigenvalue weighted by molar-refractivity contribution is 5.81. The van der Waals surface area contributed by atoms with E-state index in [9.17, 15) is 4.79 Å². The summed E-state index contributed by atoms with van der Waals surface area (Å²) >= 11 is 0. The van der Waals surface area contributed by atoms with Gasteiger partial charge in [0.15, 0.2) is 0 Å². The zero-order chi connectivity index (χ0) is 19.2. The van der Waals surface area contributed by atoms with Crippen LogP contribution in [0.5, 0.6) is 0 Å². The molecular formula is C18H38N2O5. The average Bonchev–Trinajstić information content (AvgIpc) is 2.58. The Morgan fingerprint density at radius 3 is 1.72 bits per heavy atom. The summed E-state index contributed by atoms with van der Waals surface area (Å²) in [6.45, 7) is 12.9. The molecule has 0 aromatic carbocycles. The molecule has 7 nitrogen and oxygen atoms in total. The Bertz CT molecular complexity index is 348. The number of carbonyl (C=O) groups excluding carboxylic acids is 1. The van der Waals surface area contributed by atoms with Crippen molar-refractivity contribution in [2.75, 3.05) is 66.4 Å². The third kappa shape index (κ3) is 13.2. The van der Waals surface area contributed by atoms with Crippen molar-refractivity contribution in [3.63, 3.8) is 0 Å². The van der Waals surface area contributed by atoms with Gasteiger partial charge in [0.2, 0.25) is 5.91 Å². The van der Waals surface area contributed by atoms with Crippen LogP contribution in [0.3, 0.4) is 0 Å². The minimum absolute atomic E-state index is 0.0126. The maximum Gasteiger partial charge on any atom is 0.225 e. The van der Waals surface area contributed by atoms with Crippen LogP contribution in [0.15, 0.2) is 0 Å². The number of nitrogens with two attached hydrogens (primary N) is 1. The number of nitrogens with one attached hydrogen (secondary N) is 1. The maximum absolute atomic E-state index is 11.6. The fourth-order valence-electron chi connectivity index (χ4n) is 1.85. The minimum Gasteiger partial charge on any atom is -0.379 e. The monoisotopic (exact) mass is 362 g/mol. The van der Waals surface area contributed by atoms with E-state index in [4.69, 9.17) is 24.7 Å². The molecule has 0 unspecified atom stereocenters. The quantitative estimate of drug-likeness (QED) is 0.401. The number of hydrogen-bond acceptors (Lipinski definition) is 6. The van der Waals surface area contributed by atoms with E-state index >= 15 is 0 Å². The van der Waals surface area contributed by atoms with Gasteiger partial charge in [0.1, 0.15) is 0 Å². The number of ether oxygens (including phenoxy) is 4. The lowest BCUT2D eigenvalue weighted by Crippen LogP contribution is -2.35. The smallest absolute Gasteiger partial charge is 0.225 e. The van der Waals surface area contributed by atoms with E-state index < -0.39 is 5.41 Å². The molecule has 0 atom stereocenters. The van der Waals surface area contributed by atoms with Crippen LogP contribution < -0.4 is 11.1 Å². The predicted molar refractivity (Wildman–Crippen MR) is 98.6 cm³/mol. The van der Waals surface area contributed by atoms with E-state index in [0.717, 1.165) is 0 Å². The van der Waals surface area contributed by atoms with Crippen LogP contribution in [0.4, 0.5) is 0 Å². The normalized spacial score (nSPS) is 12.4. The number of carbonyl (C=O) groups is 1. The van der Waals surface area contributed by atoms with Crippen LogP contribution >= 0.6 is 0 Å². The second-order valence-corrected chi connectivity index (χ2v) is 7.47. The van der Waals surface area contributed by atoms with Crippen molar-refractivity contribution in [3.8, 4) is 0 Å². The minimum atomic E-state index is -0.412. The highest BCUT2D eigenvalue weighted by Crippen LogP contribution is 2.19. The van der Waals surface area contributed by atoms with Gasteiger partial charge in [-0.15, -0.1) is 0 Å². The van der Waals surface area contributed by atoms with Gasteiger partial charge in [-0.3, -0.25) is 4.79 Å². The van der Waals surface area contributed by atoms with E-state index in [0.29, 0.717) is 65.8 Å². The standard InChI is InChI=1S/C18H38N2O5/c1-17(2,14-19)15-25-13-12-24-11-10-23-9-8-22-7-6-18(3,4)16(21)20-5/h6-15,19H2,1-5H3,(H,20,21). The third-order valence-corrected chi connectivity index (χ3v) is 3.87. The van der Waals surface area contributed by atoms with Crippen LogP contribution in [0.2, 0.25) is 0 Å². The van der Waals surface area contributed by atoms with E-state index in [2.05, 4.69) is 19.2 Å². The SMILES string of the molecule is CNC(=O)C(C)(C)CCOCCOCCOCCOCC(C)(C)CN. The first-order valence-electron chi connectivity index (χ1n) is 8.98. The van der Waals surface area contributed by atoms with Gasteiger partial charge in [-0.05, 0) is 13.0 Å². The van der Waals surface area contributed by atoms with E-state index in [-0.39, 0.29) is 11.3 Å². The summed E-state index contributed by atoms with van der Waals surface area (Å²) < 4.78 is 21.9. The van der Waals surface area contributed by atoms with Gasteiger partial charge < -0.3 is 30.0 Å².